The van der Waals surface area contributed by atoms with E-state index in [0.717, 1.165) is 32.4 Å². The first-order chi connectivity index (χ1) is 22.3. The maximum atomic E-state index is 13.1. The summed E-state index contributed by atoms with van der Waals surface area (Å²) in [6.07, 6.45) is -1.21. The van der Waals surface area contributed by atoms with Crippen molar-refractivity contribution in [3.63, 3.8) is 0 Å². The number of allylic oxidation sites excluding steroid dienone is 1. The van der Waals surface area contributed by atoms with Crippen LogP contribution in [0.1, 0.15) is 49.8 Å². The lowest BCUT2D eigenvalue weighted by Gasteiger charge is -2.22. The highest BCUT2D eigenvalue weighted by Gasteiger charge is 2.33. The standard InChI is InChI=1S/C34H31BrF3N5O3S/c1-20(2)27-14-5-21(3)15-29(27)43-31(45)18-47-33(43)40-30(44)16-22(4)28(35)17-23-6-8-24(9-7-23)32-39-19-42(41-32)25-10-12-26(13-11-25)46-34(36,37)38/h5-15,17,19-20,22H,16,18H2,1-4H3/b28-17+,40-33?. The van der Waals surface area contributed by atoms with Crippen LogP contribution in [0.2, 0.25) is 0 Å². The third-order valence-corrected chi connectivity index (χ3v) is 9.22. The van der Waals surface area contributed by atoms with E-state index in [0.29, 0.717) is 16.7 Å². The van der Waals surface area contributed by atoms with Crippen molar-refractivity contribution in [2.75, 3.05) is 10.7 Å². The molecule has 5 rings (SSSR count). The molecule has 0 aliphatic carbocycles. The van der Waals surface area contributed by atoms with Crippen LogP contribution in [0.4, 0.5) is 18.9 Å². The monoisotopic (exact) mass is 725 g/mol. The van der Waals surface area contributed by atoms with E-state index in [2.05, 4.69) is 49.6 Å². The summed E-state index contributed by atoms with van der Waals surface area (Å²) in [6, 6.07) is 18.8. The first kappa shape index (κ1) is 34.1. The Morgan fingerprint density at radius 2 is 1.79 bits per heavy atom. The number of ether oxygens (including phenoxy) is 1. The Morgan fingerprint density at radius 1 is 1.09 bits per heavy atom. The van der Waals surface area contributed by atoms with Crippen molar-refractivity contribution in [1.82, 2.24) is 14.8 Å². The molecule has 0 saturated carbocycles. The Labute approximate surface area is 282 Å². The number of amidine groups is 1. The number of carbonyl (C=O) groups excluding carboxylic acids is 2. The number of aromatic nitrogens is 3. The lowest BCUT2D eigenvalue weighted by atomic mass is 9.99. The highest BCUT2D eigenvalue weighted by atomic mass is 79.9. The Kier molecular flexibility index (Phi) is 10.4. The lowest BCUT2D eigenvalue weighted by molar-refractivity contribution is -0.274. The summed E-state index contributed by atoms with van der Waals surface area (Å²) in [6.45, 7) is 8.03. The smallest absolute Gasteiger partial charge is 0.406 e. The van der Waals surface area contributed by atoms with Crippen molar-refractivity contribution in [3.8, 4) is 22.8 Å². The van der Waals surface area contributed by atoms with Crippen LogP contribution in [-0.2, 0) is 9.59 Å². The van der Waals surface area contributed by atoms with Crippen molar-refractivity contribution in [1.29, 1.82) is 0 Å². The van der Waals surface area contributed by atoms with Gasteiger partial charge in [0.05, 0.1) is 17.1 Å². The SMILES string of the molecule is Cc1ccc(C(C)C)c(N2C(=O)CSC2=NC(=O)CC(C)/C(Br)=C\c2ccc(-c3ncn(-c4ccc(OC(F)(F)F)cc4)n3)cc2)c1. The minimum Gasteiger partial charge on any atom is -0.406 e. The molecule has 1 saturated heterocycles. The zero-order chi connectivity index (χ0) is 33.9. The van der Waals surface area contributed by atoms with Gasteiger partial charge in [0, 0.05) is 12.0 Å². The second-order valence-electron chi connectivity index (χ2n) is 11.3. The van der Waals surface area contributed by atoms with E-state index in [1.54, 1.807) is 4.90 Å². The molecule has 4 aromatic rings. The van der Waals surface area contributed by atoms with Crippen LogP contribution >= 0.6 is 27.7 Å². The summed E-state index contributed by atoms with van der Waals surface area (Å²) in [7, 11) is 0. The molecule has 1 atom stereocenters. The maximum Gasteiger partial charge on any atom is 0.573 e. The van der Waals surface area contributed by atoms with E-state index in [9.17, 15) is 22.8 Å². The van der Waals surface area contributed by atoms with Crippen LogP contribution < -0.4 is 9.64 Å². The molecule has 244 valence electrons. The maximum absolute atomic E-state index is 13.1. The molecule has 1 aromatic heterocycles. The van der Waals surface area contributed by atoms with Gasteiger partial charge in [-0.05, 0) is 76.3 Å². The van der Waals surface area contributed by atoms with Gasteiger partial charge in [0.15, 0.2) is 11.0 Å². The number of benzene rings is 3. The van der Waals surface area contributed by atoms with Gasteiger partial charge in [-0.2, -0.15) is 4.99 Å². The van der Waals surface area contributed by atoms with Gasteiger partial charge in [0.2, 0.25) is 11.8 Å². The minimum atomic E-state index is -4.76. The number of amides is 2. The summed E-state index contributed by atoms with van der Waals surface area (Å²) in [4.78, 5) is 36.2. The average molecular weight is 727 g/mol. The van der Waals surface area contributed by atoms with Crippen LogP contribution in [0.3, 0.4) is 0 Å². The zero-order valence-electron chi connectivity index (χ0n) is 26.0. The van der Waals surface area contributed by atoms with Gasteiger partial charge in [-0.15, -0.1) is 18.3 Å². The Balaban J connectivity index is 1.23. The van der Waals surface area contributed by atoms with E-state index in [1.165, 1.54) is 47.0 Å². The van der Waals surface area contributed by atoms with Crippen LogP contribution in [0.25, 0.3) is 23.2 Å². The Morgan fingerprint density at radius 3 is 2.45 bits per heavy atom. The van der Waals surface area contributed by atoms with Crippen LogP contribution in [0.5, 0.6) is 5.75 Å². The van der Waals surface area contributed by atoms with Gasteiger partial charge in [0.25, 0.3) is 0 Å². The largest absolute Gasteiger partial charge is 0.573 e. The number of thioether (sulfide) groups is 1. The quantitative estimate of drug-likeness (QED) is 0.172. The highest BCUT2D eigenvalue weighted by Crippen LogP contribution is 2.35. The summed E-state index contributed by atoms with van der Waals surface area (Å²) < 4.78 is 43.5. The zero-order valence-corrected chi connectivity index (χ0v) is 28.4. The minimum absolute atomic E-state index is 0.0952. The predicted molar refractivity (Wildman–Crippen MR) is 182 cm³/mol. The second-order valence-corrected chi connectivity index (χ2v) is 13.2. The van der Waals surface area contributed by atoms with Gasteiger partial charge in [0.1, 0.15) is 12.1 Å². The predicted octanol–water partition coefficient (Wildman–Crippen LogP) is 8.69. The van der Waals surface area contributed by atoms with E-state index < -0.39 is 6.36 Å². The summed E-state index contributed by atoms with van der Waals surface area (Å²) >= 11 is 4.89. The number of aliphatic imine (C=N–C) groups is 1. The molecule has 0 spiro atoms. The Hall–Kier alpha value is -4.23. The summed E-state index contributed by atoms with van der Waals surface area (Å²) in [5.41, 5.74) is 4.97. The fraction of sp³-hybridized carbons (Fsp3) is 0.265. The normalized spacial score (nSPS) is 15.5. The molecule has 3 aromatic carbocycles. The van der Waals surface area contributed by atoms with Crippen LogP contribution in [0.15, 0.2) is 82.5 Å². The fourth-order valence-electron chi connectivity index (χ4n) is 4.88. The number of carbonyl (C=O) groups is 2. The number of aryl methyl sites for hydroxylation is 1. The van der Waals surface area contributed by atoms with Crippen molar-refractivity contribution in [3.05, 3.63) is 94.2 Å². The second kappa shape index (κ2) is 14.3. The number of halogens is 4. The molecule has 1 aliphatic heterocycles. The molecule has 0 radical (unpaired) electrons. The van der Waals surface area contributed by atoms with E-state index >= 15 is 0 Å². The molecular formula is C34H31BrF3N5O3S. The van der Waals surface area contributed by atoms with Crippen molar-refractivity contribution < 1.29 is 27.5 Å². The van der Waals surface area contributed by atoms with Crippen LogP contribution in [-0.4, -0.2) is 43.9 Å². The van der Waals surface area contributed by atoms with Crippen LogP contribution in [0, 0.1) is 12.8 Å². The molecule has 8 nitrogen and oxygen atoms in total. The van der Waals surface area contributed by atoms with Crippen molar-refractivity contribution >= 4 is 56.4 Å². The molecule has 0 bridgehead atoms. The summed E-state index contributed by atoms with van der Waals surface area (Å²) in [5.74, 6) is -0.0328. The third kappa shape index (κ3) is 8.58. The highest BCUT2D eigenvalue weighted by molar-refractivity contribution is 9.11. The molecule has 2 amide bonds. The molecular weight excluding hydrogens is 695 g/mol. The van der Waals surface area contributed by atoms with Crippen molar-refractivity contribution in [2.24, 2.45) is 10.9 Å². The molecule has 13 heteroatoms. The molecule has 1 unspecified atom stereocenters. The first-order valence-electron chi connectivity index (χ1n) is 14.7. The number of anilines is 1. The van der Waals surface area contributed by atoms with Gasteiger partial charge < -0.3 is 4.74 Å². The van der Waals surface area contributed by atoms with Gasteiger partial charge >= 0.3 is 6.36 Å². The average Bonchev–Trinajstić information content (AvgIpc) is 3.64. The molecule has 2 heterocycles. The molecule has 1 aliphatic rings. The van der Waals surface area contributed by atoms with E-state index in [4.69, 9.17) is 0 Å². The van der Waals surface area contributed by atoms with Gasteiger partial charge in [-0.3, -0.25) is 14.5 Å². The van der Waals surface area contributed by atoms with Gasteiger partial charge in [-0.1, -0.05) is 84.9 Å². The number of rotatable bonds is 9. The van der Waals surface area contributed by atoms with Crippen molar-refractivity contribution in [2.45, 2.75) is 46.4 Å². The van der Waals surface area contributed by atoms with E-state index in [-0.39, 0.29) is 41.6 Å². The number of nitrogens with zero attached hydrogens (tertiary/aromatic N) is 5. The Bertz CT molecular complexity index is 1840. The van der Waals surface area contributed by atoms with Gasteiger partial charge in [-0.25, -0.2) is 9.67 Å². The number of hydrogen-bond donors (Lipinski definition) is 0. The molecule has 47 heavy (non-hydrogen) atoms. The first-order valence-corrected chi connectivity index (χ1v) is 16.5. The summed E-state index contributed by atoms with van der Waals surface area (Å²) in [5, 5.41) is 4.84. The van der Waals surface area contributed by atoms with E-state index in [1.807, 2.05) is 62.4 Å². The molecule has 0 N–H and O–H groups in total. The number of hydrogen-bond acceptors (Lipinski definition) is 6. The molecule has 1 fully saturated rings. The number of alkyl halides is 3. The third-order valence-electron chi connectivity index (χ3n) is 7.29. The fourth-order valence-corrected chi connectivity index (χ4v) is 6.18. The topological polar surface area (TPSA) is 89.7 Å². The lowest BCUT2D eigenvalue weighted by Crippen LogP contribution is -2.31.